The minimum Gasteiger partial charge on any atom is -0.310 e. The fraction of sp³-hybridized carbons (Fsp3) is 0.474. The van der Waals surface area contributed by atoms with E-state index in [9.17, 15) is 0 Å². The molecule has 1 aliphatic heterocycles. The van der Waals surface area contributed by atoms with E-state index < -0.39 is 0 Å². The fourth-order valence-corrected chi connectivity index (χ4v) is 6.25. The monoisotopic (exact) mass is 403 g/mol. The van der Waals surface area contributed by atoms with E-state index in [1.54, 1.807) is 26.7 Å². The maximum absolute atomic E-state index is 5.79. The normalized spacial score (nSPS) is 22.5. The minimum absolute atomic E-state index is 0.629. The number of rotatable bonds is 5. The zero-order valence-corrected chi connectivity index (χ0v) is 17.3. The van der Waals surface area contributed by atoms with E-state index in [1.807, 2.05) is 11.3 Å². The molecule has 0 saturated heterocycles. The SMILES string of the molecule is CCn1c(-c2cccs2)nn(C[NH+]2CCc3sccc3[C@@H]2C2CC2)c1=S. The maximum atomic E-state index is 5.79. The summed E-state index contributed by atoms with van der Waals surface area (Å²) in [6, 6.07) is 7.21. The van der Waals surface area contributed by atoms with E-state index in [0.29, 0.717) is 6.04 Å². The molecule has 7 heteroatoms. The van der Waals surface area contributed by atoms with E-state index in [1.165, 1.54) is 30.7 Å². The standard InChI is InChI=1S/C19H22N4S3/c1-2-22-18(16-4-3-10-25-16)20-23(19(22)24)12-21-9-7-15-14(8-11-26-15)17(21)13-5-6-13/h3-4,8,10-11,13,17H,2,5-7,9,12H2,1H3/p+1/t17-/m0/s1. The summed E-state index contributed by atoms with van der Waals surface area (Å²) < 4.78 is 5.11. The van der Waals surface area contributed by atoms with Crippen molar-refractivity contribution in [1.29, 1.82) is 0 Å². The number of aromatic nitrogens is 3. The molecule has 0 radical (unpaired) electrons. The number of thiophene rings is 2. The van der Waals surface area contributed by atoms with Gasteiger partial charge in [-0.2, -0.15) is 4.68 Å². The lowest BCUT2D eigenvalue weighted by molar-refractivity contribution is -0.958. The third kappa shape index (κ3) is 2.81. The van der Waals surface area contributed by atoms with Crippen molar-refractivity contribution in [1.82, 2.24) is 14.3 Å². The Morgan fingerprint density at radius 2 is 2.15 bits per heavy atom. The summed E-state index contributed by atoms with van der Waals surface area (Å²) in [7, 11) is 0. The van der Waals surface area contributed by atoms with Crippen molar-refractivity contribution in [2.24, 2.45) is 5.92 Å². The summed E-state index contributed by atoms with van der Waals surface area (Å²) in [5, 5.41) is 9.32. The lowest BCUT2D eigenvalue weighted by Gasteiger charge is -2.32. The first-order chi connectivity index (χ1) is 12.8. The molecule has 1 unspecified atom stereocenters. The summed E-state index contributed by atoms with van der Waals surface area (Å²) in [5.74, 6) is 1.86. The topological polar surface area (TPSA) is 27.2 Å². The van der Waals surface area contributed by atoms with Gasteiger partial charge < -0.3 is 4.90 Å². The molecule has 2 atom stereocenters. The Bertz CT molecular complexity index is 961. The number of nitrogens with one attached hydrogen (secondary N) is 1. The Morgan fingerprint density at radius 3 is 2.88 bits per heavy atom. The molecule has 0 aromatic carbocycles. The largest absolute Gasteiger partial charge is 0.310 e. The molecule has 2 aliphatic rings. The predicted molar refractivity (Wildman–Crippen MR) is 109 cm³/mol. The van der Waals surface area contributed by atoms with Crippen LogP contribution in [-0.4, -0.2) is 20.9 Å². The first-order valence-corrected chi connectivity index (χ1v) is 11.6. The molecular formula is C19H23N4S3+. The van der Waals surface area contributed by atoms with Crippen LogP contribution in [0.25, 0.3) is 10.7 Å². The second kappa shape index (κ2) is 6.71. The highest BCUT2D eigenvalue weighted by molar-refractivity contribution is 7.71. The Labute approximate surface area is 166 Å². The van der Waals surface area contributed by atoms with Gasteiger partial charge in [0.1, 0.15) is 6.04 Å². The van der Waals surface area contributed by atoms with Gasteiger partial charge in [0, 0.05) is 29.3 Å². The van der Waals surface area contributed by atoms with Gasteiger partial charge in [0.25, 0.3) is 0 Å². The molecule has 26 heavy (non-hydrogen) atoms. The van der Waals surface area contributed by atoms with Crippen molar-refractivity contribution in [3.8, 4) is 10.7 Å². The number of hydrogen-bond acceptors (Lipinski definition) is 4. The lowest BCUT2D eigenvalue weighted by atomic mass is 9.96. The zero-order valence-electron chi connectivity index (χ0n) is 14.9. The Hall–Kier alpha value is -1.28. The van der Waals surface area contributed by atoms with Gasteiger partial charge in [0.2, 0.25) is 4.77 Å². The van der Waals surface area contributed by atoms with Gasteiger partial charge in [-0.05, 0) is 54.9 Å². The van der Waals surface area contributed by atoms with E-state index in [4.69, 9.17) is 17.3 Å². The third-order valence-corrected chi connectivity index (χ3v) is 7.95. The summed E-state index contributed by atoms with van der Waals surface area (Å²) in [6.45, 7) is 5.07. The first kappa shape index (κ1) is 16.9. The molecule has 3 aromatic rings. The molecule has 4 heterocycles. The van der Waals surface area contributed by atoms with Gasteiger partial charge in [0.15, 0.2) is 12.5 Å². The van der Waals surface area contributed by atoms with Gasteiger partial charge in [-0.15, -0.1) is 27.8 Å². The van der Waals surface area contributed by atoms with Gasteiger partial charge >= 0.3 is 0 Å². The average Bonchev–Trinajstić information content (AvgIpc) is 3.05. The van der Waals surface area contributed by atoms with E-state index >= 15 is 0 Å². The van der Waals surface area contributed by atoms with E-state index in [2.05, 4.69) is 45.1 Å². The number of quaternary nitrogens is 1. The van der Waals surface area contributed by atoms with Crippen LogP contribution in [0.5, 0.6) is 0 Å². The minimum atomic E-state index is 0.629. The highest BCUT2D eigenvalue weighted by Crippen LogP contribution is 2.42. The predicted octanol–water partition coefficient (Wildman–Crippen LogP) is 3.77. The summed E-state index contributed by atoms with van der Waals surface area (Å²) in [5.41, 5.74) is 1.60. The number of nitrogens with zero attached hydrogens (tertiary/aromatic N) is 3. The van der Waals surface area contributed by atoms with Crippen LogP contribution < -0.4 is 4.90 Å². The highest BCUT2D eigenvalue weighted by atomic mass is 32.1. The van der Waals surface area contributed by atoms with Gasteiger partial charge in [-0.1, -0.05) is 6.07 Å². The molecular weight excluding hydrogens is 380 g/mol. The maximum Gasteiger partial charge on any atom is 0.203 e. The molecule has 4 nitrogen and oxygen atoms in total. The van der Waals surface area contributed by atoms with Crippen LogP contribution in [0, 0.1) is 10.7 Å². The molecule has 1 N–H and O–H groups in total. The molecule has 1 fully saturated rings. The Kier molecular flexibility index (Phi) is 4.35. The second-order valence-electron chi connectivity index (χ2n) is 7.26. The van der Waals surface area contributed by atoms with Crippen molar-refractivity contribution >= 4 is 34.9 Å². The van der Waals surface area contributed by atoms with E-state index in [-0.39, 0.29) is 0 Å². The molecule has 136 valence electrons. The number of fused-ring (bicyclic) bond motifs is 1. The van der Waals surface area contributed by atoms with Crippen molar-refractivity contribution < 1.29 is 4.90 Å². The van der Waals surface area contributed by atoms with Gasteiger partial charge in [-0.25, -0.2) is 0 Å². The summed E-state index contributed by atoms with van der Waals surface area (Å²) in [4.78, 5) is 4.43. The highest BCUT2D eigenvalue weighted by Gasteiger charge is 2.43. The molecule has 0 spiro atoms. The zero-order chi connectivity index (χ0) is 17.7. The van der Waals surface area contributed by atoms with Crippen LogP contribution >= 0.6 is 34.9 Å². The van der Waals surface area contributed by atoms with Gasteiger partial charge in [0.05, 0.1) is 11.4 Å². The van der Waals surface area contributed by atoms with Crippen LogP contribution in [0.2, 0.25) is 0 Å². The first-order valence-electron chi connectivity index (χ1n) is 9.38. The Balaban J connectivity index is 1.49. The molecule has 5 rings (SSSR count). The average molecular weight is 404 g/mol. The summed E-state index contributed by atoms with van der Waals surface area (Å²) in [6.07, 6.45) is 3.93. The van der Waals surface area contributed by atoms with Gasteiger partial charge in [-0.3, -0.25) is 4.57 Å². The molecule has 1 saturated carbocycles. The second-order valence-corrected chi connectivity index (χ2v) is 9.57. The smallest absolute Gasteiger partial charge is 0.203 e. The Morgan fingerprint density at radius 1 is 1.27 bits per heavy atom. The van der Waals surface area contributed by atoms with Crippen LogP contribution in [0.3, 0.4) is 0 Å². The summed E-state index contributed by atoms with van der Waals surface area (Å²) >= 11 is 9.46. The molecule has 1 aliphatic carbocycles. The quantitative estimate of drug-likeness (QED) is 0.657. The molecule has 3 aromatic heterocycles. The fourth-order valence-electron chi connectivity index (χ4n) is 4.28. The van der Waals surface area contributed by atoms with Crippen molar-refractivity contribution in [3.05, 3.63) is 44.2 Å². The van der Waals surface area contributed by atoms with Crippen LogP contribution in [-0.2, 0) is 19.6 Å². The molecule has 0 amide bonds. The van der Waals surface area contributed by atoms with Crippen molar-refractivity contribution in [3.63, 3.8) is 0 Å². The lowest BCUT2D eigenvalue weighted by Crippen LogP contribution is -3.13. The van der Waals surface area contributed by atoms with Crippen molar-refractivity contribution in [2.45, 2.75) is 45.4 Å². The molecule has 0 bridgehead atoms. The van der Waals surface area contributed by atoms with Crippen molar-refractivity contribution in [2.75, 3.05) is 6.54 Å². The van der Waals surface area contributed by atoms with Crippen LogP contribution in [0.15, 0.2) is 29.0 Å². The van der Waals surface area contributed by atoms with E-state index in [0.717, 1.165) is 29.7 Å². The third-order valence-electron chi connectivity index (χ3n) is 5.65. The van der Waals surface area contributed by atoms with Crippen LogP contribution in [0.1, 0.15) is 36.2 Å². The number of hydrogen-bond donors (Lipinski definition) is 1. The van der Waals surface area contributed by atoms with Crippen LogP contribution in [0.4, 0.5) is 0 Å².